The molecule has 7 nitrogen and oxygen atoms in total. The largest absolute Gasteiger partial charge is 0.478 e. The molecule has 0 fully saturated rings. The van der Waals surface area contributed by atoms with E-state index in [1.807, 2.05) is 6.26 Å². The fourth-order valence-electron chi connectivity index (χ4n) is 2.02. The Hall–Kier alpha value is -2.39. The number of nitrogens with one attached hydrogen (secondary N) is 1. The van der Waals surface area contributed by atoms with Crippen LogP contribution in [0, 0.1) is 5.41 Å². The van der Waals surface area contributed by atoms with Crippen LogP contribution >= 0.6 is 23.7 Å². The van der Waals surface area contributed by atoms with E-state index in [-0.39, 0.29) is 17.0 Å². The standard InChI is InChI=1S/C14H10N4O3S2/c1-22-14-17-23-13-16-11(19)9(10(15)18(13)14)6-7-2-4-8(5-3-7)12(20)21/h2-6,15H,1H3,(H,20,21)/b9-6-,15-10?. The van der Waals surface area contributed by atoms with Gasteiger partial charge in [-0.1, -0.05) is 23.9 Å². The average molecular weight is 346 g/mol. The number of carbonyl (C=O) groups is 2. The third-order valence-electron chi connectivity index (χ3n) is 3.15. The monoisotopic (exact) mass is 346 g/mol. The molecule has 0 radical (unpaired) electrons. The Morgan fingerprint density at radius 1 is 1.39 bits per heavy atom. The molecule has 2 aliphatic heterocycles. The lowest BCUT2D eigenvalue weighted by Crippen LogP contribution is -2.41. The van der Waals surface area contributed by atoms with E-state index in [1.165, 1.54) is 34.9 Å². The summed E-state index contributed by atoms with van der Waals surface area (Å²) in [6.45, 7) is 0. The zero-order valence-electron chi connectivity index (χ0n) is 11.8. The average Bonchev–Trinajstić information content (AvgIpc) is 2.94. The van der Waals surface area contributed by atoms with Crippen molar-refractivity contribution in [1.29, 1.82) is 5.41 Å². The fourth-order valence-corrected chi connectivity index (χ4v) is 3.47. The molecule has 0 unspecified atom stereocenters. The molecule has 0 saturated heterocycles. The number of aromatic carboxylic acids is 1. The third kappa shape index (κ3) is 2.80. The van der Waals surface area contributed by atoms with Crippen LogP contribution in [0.15, 0.2) is 39.2 Å². The Balaban J connectivity index is 1.96. The molecule has 0 saturated carbocycles. The number of aliphatic imine (C=N–C) groups is 1. The van der Waals surface area contributed by atoms with Crippen molar-refractivity contribution >= 4 is 57.8 Å². The van der Waals surface area contributed by atoms with Gasteiger partial charge in [0.15, 0.2) is 5.17 Å². The first-order valence-electron chi connectivity index (χ1n) is 6.37. The number of fused-ring (bicyclic) bond motifs is 1. The van der Waals surface area contributed by atoms with E-state index in [4.69, 9.17) is 10.5 Å². The molecule has 2 N–H and O–H groups in total. The van der Waals surface area contributed by atoms with Crippen molar-refractivity contribution in [3.8, 4) is 0 Å². The summed E-state index contributed by atoms with van der Waals surface area (Å²) in [5.74, 6) is -1.51. The fraction of sp³-hybridized carbons (Fsp3) is 0.0714. The maximum Gasteiger partial charge on any atom is 0.335 e. The number of amidine groups is 3. The van der Waals surface area contributed by atoms with Crippen LogP contribution in [-0.4, -0.2) is 44.3 Å². The van der Waals surface area contributed by atoms with Gasteiger partial charge in [0, 0.05) is 0 Å². The molecule has 9 heteroatoms. The van der Waals surface area contributed by atoms with Crippen molar-refractivity contribution < 1.29 is 14.7 Å². The zero-order valence-corrected chi connectivity index (χ0v) is 13.4. The molecule has 0 aliphatic carbocycles. The molecular formula is C14H10N4O3S2. The SMILES string of the molecule is CSC1=NSC2=NC(=O)/C(=C\c3ccc(C(=O)O)cc3)C(=N)N12. The molecule has 1 amide bonds. The van der Waals surface area contributed by atoms with Crippen LogP contribution in [0.3, 0.4) is 0 Å². The van der Waals surface area contributed by atoms with Gasteiger partial charge in [-0.05, 0) is 30.0 Å². The second-order valence-electron chi connectivity index (χ2n) is 4.54. The number of rotatable bonds is 2. The van der Waals surface area contributed by atoms with Gasteiger partial charge >= 0.3 is 5.97 Å². The molecule has 0 atom stereocenters. The minimum atomic E-state index is -1.02. The molecule has 2 aliphatic rings. The minimum absolute atomic E-state index is 0.0143. The maximum atomic E-state index is 12.1. The first-order valence-corrected chi connectivity index (χ1v) is 8.37. The second kappa shape index (κ2) is 6.01. The molecule has 1 aromatic rings. The van der Waals surface area contributed by atoms with E-state index in [1.54, 1.807) is 12.1 Å². The highest BCUT2D eigenvalue weighted by molar-refractivity contribution is 8.18. The van der Waals surface area contributed by atoms with E-state index >= 15 is 0 Å². The number of hydrogen-bond donors (Lipinski definition) is 2. The highest BCUT2D eigenvalue weighted by Crippen LogP contribution is 2.31. The van der Waals surface area contributed by atoms with Crippen LogP contribution in [0.25, 0.3) is 6.08 Å². The Labute approximate surface area is 139 Å². The van der Waals surface area contributed by atoms with E-state index in [2.05, 4.69) is 9.39 Å². The lowest BCUT2D eigenvalue weighted by molar-refractivity contribution is -0.114. The molecule has 0 bridgehead atoms. The van der Waals surface area contributed by atoms with Crippen LogP contribution in [0.4, 0.5) is 0 Å². The number of nitrogens with zero attached hydrogens (tertiary/aromatic N) is 3. The van der Waals surface area contributed by atoms with E-state index < -0.39 is 11.9 Å². The highest BCUT2D eigenvalue weighted by Gasteiger charge is 2.36. The highest BCUT2D eigenvalue weighted by atomic mass is 32.2. The van der Waals surface area contributed by atoms with Crippen molar-refractivity contribution in [3.05, 3.63) is 41.0 Å². The van der Waals surface area contributed by atoms with Gasteiger partial charge in [0.25, 0.3) is 5.91 Å². The molecule has 1 aromatic carbocycles. The van der Waals surface area contributed by atoms with Crippen molar-refractivity contribution in [2.24, 2.45) is 9.39 Å². The summed E-state index contributed by atoms with van der Waals surface area (Å²) in [6, 6.07) is 6.05. The first kappa shape index (κ1) is 15.5. The van der Waals surface area contributed by atoms with Crippen LogP contribution in [-0.2, 0) is 4.79 Å². The summed E-state index contributed by atoms with van der Waals surface area (Å²) in [6.07, 6.45) is 3.36. The van der Waals surface area contributed by atoms with Gasteiger partial charge in [-0.25, -0.2) is 9.69 Å². The van der Waals surface area contributed by atoms with Gasteiger partial charge in [0.05, 0.1) is 23.1 Å². The van der Waals surface area contributed by atoms with Crippen LogP contribution in [0.1, 0.15) is 15.9 Å². The number of carboxylic acid groups (broad SMARTS) is 1. The van der Waals surface area contributed by atoms with Crippen molar-refractivity contribution in [2.75, 3.05) is 6.26 Å². The van der Waals surface area contributed by atoms with Gasteiger partial charge in [-0.15, -0.1) is 0 Å². The van der Waals surface area contributed by atoms with Gasteiger partial charge in [-0.2, -0.15) is 9.39 Å². The Bertz CT molecular complexity index is 812. The molecule has 23 heavy (non-hydrogen) atoms. The van der Waals surface area contributed by atoms with Crippen molar-refractivity contribution in [2.45, 2.75) is 0 Å². The molecule has 116 valence electrons. The quantitative estimate of drug-likeness (QED) is 0.629. The van der Waals surface area contributed by atoms with E-state index in [9.17, 15) is 9.59 Å². The molecule has 0 aromatic heterocycles. The smallest absolute Gasteiger partial charge is 0.335 e. The summed E-state index contributed by atoms with van der Waals surface area (Å²) in [7, 11) is 0. The van der Waals surface area contributed by atoms with Gasteiger partial charge in [0.2, 0.25) is 5.17 Å². The number of hydrogen-bond acceptors (Lipinski definition) is 6. The number of benzene rings is 1. The summed E-state index contributed by atoms with van der Waals surface area (Å²) in [5, 5.41) is 18.1. The number of amides is 1. The van der Waals surface area contributed by atoms with Crippen molar-refractivity contribution in [1.82, 2.24) is 4.90 Å². The Kier molecular flexibility index (Phi) is 4.05. The maximum absolute atomic E-state index is 12.1. The predicted molar refractivity (Wildman–Crippen MR) is 91.9 cm³/mol. The van der Waals surface area contributed by atoms with E-state index in [0.717, 1.165) is 11.9 Å². The van der Waals surface area contributed by atoms with Gasteiger partial charge < -0.3 is 5.11 Å². The third-order valence-corrected chi connectivity index (χ3v) is 4.60. The Morgan fingerprint density at radius 2 is 2.09 bits per heavy atom. The van der Waals surface area contributed by atoms with Gasteiger partial charge in [0.1, 0.15) is 5.84 Å². The van der Waals surface area contributed by atoms with Crippen LogP contribution in [0.2, 0.25) is 0 Å². The zero-order chi connectivity index (χ0) is 16.6. The predicted octanol–water partition coefficient (Wildman–Crippen LogP) is 2.32. The molecule has 2 heterocycles. The Morgan fingerprint density at radius 3 is 2.70 bits per heavy atom. The topological polar surface area (TPSA) is 106 Å². The lowest BCUT2D eigenvalue weighted by atomic mass is 10.1. The van der Waals surface area contributed by atoms with Gasteiger partial charge in [-0.3, -0.25) is 10.2 Å². The lowest BCUT2D eigenvalue weighted by Gasteiger charge is -2.23. The number of carboxylic acids is 1. The van der Waals surface area contributed by atoms with E-state index in [0.29, 0.717) is 15.9 Å². The summed E-state index contributed by atoms with van der Waals surface area (Å²) in [4.78, 5) is 28.5. The summed E-state index contributed by atoms with van der Waals surface area (Å²) in [5.41, 5.74) is 0.919. The summed E-state index contributed by atoms with van der Waals surface area (Å²) >= 11 is 2.44. The normalized spacial score (nSPS) is 18.8. The number of thioether (sulfide) groups is 1. The molecular weight excluding hydrogens is 336 g/mol. The molecule has 3 rings (SSSR count). The molecule has 0 spiro atoms. The number of carbonyl (C=O) groups excluding carboxylic acids is 1. The summed E-state index contributed by atoms with van der Waals surface area (Å²) < 4.78 is 4.16. The minimum Gasteiger partial charge on any atom is -0.478 e. The van der Waals surface area contributed by atoms with Crippen LogP contribution in [0.5, 0.6) is 0 Å². The van der Waals surface area contributed by atoms with Crippen LogP contribution < -0.4 is 0 Å². The first-order chi connectivity index (χ1) is 11.0. The van der Waals surface area contributed by atoms with Crippen molar-refractivity contribution in [3.63, 3.8) is 0 Å². The second-order valence-corrected chi connectivity index (χ2v) is 6.04.